The zero-order valence-electron chi connectivity index (χ0n) is 8.62. The minimum atomic E-state index is -0.821. The zero-order chi connectivity index (χ0) is 11.3. The van der Waals surface area contributed by atoms with Gasteiger partial charge in [-0.2, -0.15) is 0 Å². The van der Waals surface area contributed by atoms with Crippen LogP contribution in [0.5, 0.6) is 0 Å². The largest absolute Gasteiger partial charge is 0.307 e. The molecular formula is C8H15Br2N2O2+. The quantitative estimate of drug-likeness (QED) is 0.440. The monoisotopic (exact) mass is 329 g/mol. The van der Waals surface area contributed by atoms with E-state index in [4.69, 9.17) is 0 Å². The predicted molar refractivity (Wildman–Crippen MR) is 60.5 cm³/mol. The molecule has 1 aliphatic heterocycles. The molecule has 0 bridgehead atoms. The molecule has 14 heavy (non-hydrogen) atoms. The van der Waals surface area contributed by atoms with Crippen molar-refractivity contribution in [2.24, 2.45) is 0 Å². The Morgan fingerprint density at radius 3 is 1.86 bits per heavy atom. The predicted octanol–water partition coefficient (Wildman–Crippen LogP) is 2.16. The molecule has 1 heterocycles. The van der Waals surface area contributed by atoms with E-state index in [2.05, 4.69) is 31.9 Å². The molecule has 0 aromatic heterocycles. The SMILES string of the molecule is CC1(C)C(C(Br)Br)=[N+](O)C(C)(C)N1O. The molecule has 0 unspecified atom stereocenters. The Bertz CT molecular complexity index is 287. The van der Waals surface area contributed by atoms with Gasteiger partial charge in [0, 0.05) is 13.8 Å². The molecule has 0 amide bonds. The first-order chi connectivity index (χ1) is 6.13. The topological polar surface area (TPSA) is 46.7 Å². The van der Waals surface area contributed by atoms with Gasteiger partial charge in [0.25, 0.3) is 11.4 Å². The maximum absolute atomic E-state index is 9.94. The molecule has 0 aromatic carbocycles. The Hall–Kier alpha value is 0.350. The lowest BCUT2D eigenvalue weighted by molar-refractivity contribution is -0.836. The van der Waals surface area contributed by atoms with Gasteiger partial charge in [-0.05, 0) is 18.6 Å². The number of hydroxylamine groups is 3. The molecule has 0 atom stereocenters. The number of hydrogen-bond acceptors (Lipinski definition) is 3. The third kappa shape index (κ3) is 1.52. The molecular weight excluding hydrogens is 316 g/mol. The second kappa shape index (κ2) is 3.43. The van der Waals surface area contributed by atoms with Crippen LogP contribution in [-0.4, -0.2) is 40.9 Å². The van der Waals surface area contributed by atoms with Crippen LogP contribution in [0, 0.1) is 0 Å². The van der Waals surface area contributed by atoms with Crippen LogP contribution in [0.25, 0.3) is 0 Å². The first-order valence-corrected chi connectivity index (χ1v) is 6.10. The molecule has 0 aliphatic carbocycles. The lowest BCUT2D eigenvalue weighted by Crippen LogP contribution is -2.52. The minimum Gasteiger partial charge on any atom is -0.307 e. The highest BCUT2D eigenvalue weighted by Gasteiger charge is 2.61. The van der Waals surface area contributed by atoms with E-state index >= 15 is 0 Å². The fourth-order valence-corrected chi connectivity index (χ4v) is 3.30. The van der Waals surface area contributed by atoms with E-state index < -0.39 is 11.2 Å². The third-order valence-electron chi connectivity index (χ3n) is 2.63. The summed E-state index contributed by atoms with van der Waals surface area (Å²) in [5.74, 6) is 0. The van der Waals surface area contributed by atoms with E-state index in [-0.39, 0.29) is 3.74 Å². The van der Waals surface area contributed by atoms with Gasteiger partial charge in [-0.1, -0.05) is 31.9 Å². The highest BCUT2D eigenvalue weighted by molar-refractivity contribution is 9.25. The van der Waals surface area contributed by atoms with E-state index in [0.29, 0.717) is 5.71 Å². The summed E-state index contributed by atoms with van der Waals surface area (Å²) in [4.78, 5) is 0. The van der Waals surface area contributed by atoms with Crippen molar-refractivity contribution in [1.82, 2.24) is 5.06 Å². The van der Waals surface area contributed by atoms with Crippen molar-refractivity contribution in [3.63, 3.8) is 0 Å². The molecule has 0 aromatic rings. The summed E-state index contributed by atoms with van der Waals surface area (Å²) in [5, 5.41) is 21.0. The second-order valence-corrected chi connectivity index (χ2v) is 7.42. The van der Waals surface area contributed by atoms with Crippen LogP contribution >= 0.6 is 31.9 Å². The zero-order valence-corrected chi connectivity index (χ0v) is 11.8. The smallest absolute Gasteiger partial charge is 0.283 e. The number of rotatable bonds is 1. The van der Waals surface area contributed by atoms with Gasteiger partial charge in [0.15, 0.2) is 3.74 Å². The van der Waals surface area contributed by atoms with Crippen molar-refractivity contribution >= 4 is 37.6 Å². The van der Waals surface area contributed by atoms with Crippen LogP contribution in [0.2, 0.25) is 0 Å². The van der Waals surface area contributed by atoms with Gasteiger partial charge >= 0.3 is 0 Å². The van der Waals surface area contributed by atoms with Crippen LogP contribution in [0.15, 0.2) is 0 Å². The molecule has 0 spiro atoms. The standard InChI is InChI=1S/C8H15Br2N2O2/c1-7(2)5(6(9)10)11(13)8(3,4)12(7)14/h6,13-14H,1-4H3/q+1. The van der Waals surface area contributed by atoms with Crippen LogP contribution in [-0.2, 0) is 0 Å². The van der Waals surface area contributed by atoms with Gasteiger partial charge in [0.05, 0.1) is 0 Å². The van der Waals surface area contributed by atoms with Crippen LogP contribution in [0.4, 0.5) is 0 Å². The first kappa shape index (κ1) is 12.4. The lowest BCUT2D eigenvalue weighted by atomic mass is 10.00. The Morgan fingerprint density at radius 2 is 1.71 bits per heavy atom. The molecule has 0 radical (unpaired) electrons. The molecule has 0 saturated heterocycles. The van der Waals surface area contributed by atoms with Crippen LogP contribution in [0.1, 0.15) is 27.7 Å². The molecule has 2 N–H and O–H groups in total. The highest BCUT2D eigenvalue weighted by Crippen LogP contribution is 2.35. The average molecular weight is 331 g/mol. The fraction of sp³-hybridized carbons (Fsp3) is 0.875. The number of alkyl halides is 2. The first-order valence-electron chi connectivity index (χ1n) is 4.27. The highest BCUT2D eigenvalue weighted by atomic mass is 79.9. The van der Waals surface area contributed by atoms with Crippen molar-refractivity contribution in [3.8, 4) is 0 Å². The van der Waals surface area contributed by atoms with Crippen molar-refractivity contribution < 1.29 is 15.2 Å². The van der Waals surface area contributed by atoms with Gasteiger partial charge in [-0.3, -0.25) is 5.21 Å². The molecule has 0 saturated carbocycles. The molecule has 4 nitrogen and oxygen atoms in total. The fourth-order valence-electron chi connectivity index (χ4n) is 1.80. The molecule has 0 fully saturated rings. The molecule has 82 valence electrons. The average Bonchev–Trinajstić information content (AvgIpc) is 2.10. The maximum Gasteiger partial charge on any atom is 0.283 e. The molecule has 1 aliphatic rings. The molecule has 6 heteroatoms. The Balaban J connectivity index is 3.30. The molecule has 1 rings (SSSR count). The summed E-state index contributed by atoms with van der Waals surface area (Å²) in [6.07, 6.45) is 0. The Labute approximate surface area is 100 Å². The summed E-state index contributed by atoms with van der Waals surface area (Å²) in [6, 6.07) is 0. The summed E-state index contributed by atoms with van der Waals surface area (Å²) in [5.41, 5.74) is -0.765. The van der Waals surface area contributed by atoms with E-state index in [9.17, 15) is 10.4 Å². The number of halogens is 2. The van der Waals surface area contributed by atoms with E-state index in [1.165, 1.54) is 0 Å². The normalized spacial score (nSPS) is 26.3. The maximum atomic E-state index is 9.94. The van der Waals surface area contributed by atoms with Gasteiger partial charge in [-0.15, -0.1) is 5.06 Å². The van der Waals surface area contributed by atoms with E-state index in [0.717, 1.165) is 9.80 Å². The van der Waals surface area contributed by atoms with Gasteiger partial charge < -0.3 is 5.21 Å². The van der Waals surface area contributed by atoms with Crippen molar-refractivity contribution in [1.29, 1.82) is 0 Å². The van der Waals surface area contributed by atoms with Gasteiger partial charge in [0.2, 0.25) is 0 Å². The van der Waals surface area contributed by atoms with Gasteiger partial charge in [-0.25, -0.2) is 0 Å². The Kier molecular flexibility index (Phi) is 3.05. The Morgan fingerprint density at radius 1 is 1.29 bits per heavy atom. The third-order valence-corrected chi connectivity index (χ3v) is 3.50. The number of nitrogens with zero attached hydrogens (tertiary/aromatic N) is 2. The van der Waals surface area contributed by atoms with Crippen molar-refractivity contribution in [3.05, 3.63) is 0 Å². The van der Waals surface area contributed by atoms with Crippen LogP contribution in [0.3, 0.4) is 0 Å². The van der Waals surface area contributed by atoms with Crippen molar-refractivity contribution in [2.45, 2.75) is 42.6 Å². The summed E-state index contributed by atoms with van der Waals surface area (Å²) >= 11 is 6.67. The minimum absolute atomic E-state index is 0.175. The van der Waals surface area contributed by atoms with Gasteiger partial charge in [0.1, 0.15) is 5.54 Å². The summed E-state index contributed by atoms with van der Waals surface area (Å²) in [7, 11) is 0. The van der Waals surface area contributed by atoms with Crippen LogP contribution < -0.4 is 0 Å². The lowest BCUT2D eigenvalue weighted by Gasteiger charge is -2.28. The second-order valence-electron chi connectivity index (χ2n) is 4.36. The summed E-state index contributed by atoms with van der Waals surface area (Å²) < 4.78 is 0.910. The number of hydrogen-bond donors (Lipinski definition) is 2. The van der Waals surface area contributed by atoms with E-state index in [1.807, 2.05) is 13.8 Å². The van der Waals surface area contributed by atoms with E-state index in [1.54, 1.807) is 13.8 Å². The van der Waals surface area contributed by atoms with Crippen molar-refractivity contribution in [2.75, 3.05) is 0 Å². The summed E-state index contributed by atoms with van der Waals surface area (Å²) in [6.45, 7) is 7.17.